The Labute approximate surface area is 555 Å². The van der Waals surface area contributed by atoms with Gasteiger partial charge in [-0.3, -0.25) is 0 Å². The number of carbonyl (C=O) groups is 1. The molecule has 544 valence electrons. The van der Waals surface area contributed by atoms with Gasteiger partial charge in [0.2, 0.25) is 0 Å². The maximum atomic E-state index is 12.8. The molecule has 0 unspecified atom stereocenters. The Morgan fingerprint density at radius 2 is 0.783 bits per heavy atom. The lowest BCUT2D eigenvalue weighted by Gasteiger charge is -2.58. The van der Waals surface area contributed by atoms with Gasteiger partial charge in [-0.2, -0.15) is 0 Å². The first-order valence-corrected chi connectivity index (χ1v) is 35.0. The number of ether oxygens (including phenoxy) is 20. The van der Waals surface area contributed by atoms with E-state index in [-0.39, 0.29) is 25.0 Å². The van der Waals surface area contributed by atoms with Crippen molar-refractivity contribution in [2.45, 2.75) is 119 Å². The molecule has 3 fully saturated rings. The van der Waals surface area contributed by atoms with E-state index in [0.717, 1.165) is 54.8 Å². The van der Waals surface area contributed by atoms with Crippen molar-refractivity contribution >= 4 is 6.09 Å². The van der Waals surface area contributed by atoms with Crippen LogP contribution >= 0.6 is 0 Å². The van der Waals surface area contributed by atoms with Crippen molar-refractivity contribution in [2.75, 3.05) is 264 Å². The van der Waals surface area contributed by atoms with Crippen LogP contribution in [0.1, 0.15) is 113 Å². The van der Waals surface area contributed by atoms with Crippen molar-refractivity contribution in [3.05, 3.63) is 11.6 Å². The average molecular weight is 1330 g/mol. The second-order valence-corrected chi connectivity index (χ2v) is 24.9. The topological polar surface area (TPSA) is 240 Å². The molecule has 92 heavy (non-hydrogen) atoms. The van der Waals surface area contributed by atoms with Gasteiger partial charge in [-0.1, -0.05) is 73.0 Å². The summed E-state index contributed by atoms with van der Waals surface area (Å²) in [6.45, 7) is 32.1. The van der Waals surface area contributed by atoms with E-state index in [1.807, 2.05) is 0 Å². The molecule has 0 aromatic heterocycles. The summed E-state index contributed by atoms with van der Waals surface area (Å²) in [5, 5.41) is 2.89. The minimum Gasteiger partial charge on any atom is -0.446 e. The highest BCUT2D eigenvalue weighted by atomic mass is 16.6. The van der Waals surface area contributed by atoms with E-state index in [1.54, 1.807) is 5.57 Å². The van der Waals surface area contributed by atoms with E-state index in [0.29, 0.717) is 270 Å². The fraction of sp³-hybridized carbons (Fsp3) is 0.957. The van der Waals surface area contributed by atoms with Gasteiger partial charge < -0.3 is 106 Å². The van der Waals surface area contributed by atoms with Crippen molar-refractivity contribution in [3.8, 4) is 0 Å². The fourth-order valence-corrected chi connectivity index (χ4v) is 13.3. The third kappa shape index (κ3) is 39.0. The average Bonchev–Trinajstić information content (AvgIpc) is 1.36. The molecule has 3 saturated carbocycles. The molecule has 0 saturated heterocycles. The lowest BCUT2D eigenvalue weighted by Crippen LogP contribution is -2.51. The van der Waals surface area contributed by atoms with Gasteiger partial charge in [-0.15, -0.1) is 0 Å². The molecule has 0 aromatic rings. The highest BCUT2D eigenvalue weighted by molar-refractivity contribution is 5.67. The predicted molar refractivity (Wildman–Crippen MR) is 353 cm³/mol. The molecule has 0 aromatic carbocycles. The molecule has 3 N–H and O–H groups in total. The lowest BCUT2D eigenvalue weighted by molar-refractivity contribution is -0.0581. The van der Waals surface area contributed by atoms with Crippen LogP contribution in [0.15, 0.2) is 11.6 Å². The van der Waals surface area contributed by atoms with Gasteiger partial charge in [-0.05, 0) is 91.3 Å². The van der Waals surface area contributed by atoms with Gasteiger partial charge in [0.1, 0.15) is 6.10 Å². The maximum Gasteiger partial charge on any atom is 0.407 e. The predicted octanol–water partition coefficient (Wildman–Crippen LogP) is 8.03. The zero-order valence-corrected chi connectivity index (χ0v) is 57.3. The molecular weight excluding hydrogens is 1190 g/mol. The summed E-state index contributed by atoms with van der Waals surface area (Å²) < 4.78 is 111. The Bertz CT molecular complexity index is 1710. The monoisotopic (exact) mass is 1320 g/mol. The van der Waals surface area contributed by atoms with Crippen molar-refractivity contribution in [1.82, 2.24) is 5.32 Å². The molecule has 0 heterocycles. The Kier molecular flexibility index (Phi) is 52.4. The molecule has 0 spiro atoms. The Balaban J connectivity index is 0.0000221. The van der Waals surface area contributed by atoms with E-state index >= 15 is 0 Å². The van der Waals surface area contributed by atoms with Crippen LogP contribution in [0.3, 0.4) is 0 Å². The number of nitrogens with two attached hydrogens (primary N) is 1. The van der Waals surface area contributed by atoms with Gasteiger partial charge in [-0.25, -0.2) is 4.79 Å². The summed E-state index contributed by atoms with van der Waals surface area (Å²) in [6, 6.07) is 0. The molecule has 4 aliphatic carbocycles. The van der Waals surface area contributed by atoms with E-state index in [2.05, 4.69) is 46.0 Å². The number of allylic oxidation sites excluding steroid dienone is 1. The summed E-state index contributed by atoms with van der Waals surface area (Å²) in [4.78, 5) is 12.8. The Morgan fingerprint density at radius 1 is 0.446 bits per heavy atom. The number of amides is 1. The highest BCUT2D eigenvalue weighted by Crippen LogP contribution is 2.67. The van der Waals surface area contributed by atoms with Gasteiger partial charge in [0, 0.05) is 19.5 Å². The van der Waals surface area contributed by atoms with Gasteiger partial charge in [0.05, 0.1) is 251 Å². The van der Waals surface area contributed by atoms with Crippen LogP contribution in [-0.2, 0) is 94.7 Å². The molecule has 23 nitrogen and oxygen atoms in total. The first-order chi connectivity index (χ1) is 44.7. The van der Waals surface area contributed by atoms with Crippen LogP contribution in [0.25, 0.3) is 0 Å². The number of fused-ring (bicyclic) bond motifs is 5. The van der Waals surface area contributed by atoms with Crippen molar-refractivity contribution in [3.63, 3.8) is 0 Å². The van der Waals surface area contributed by atoms with Crippen LogP contribution in [0, 0.1) is 46.3 Å². The second kappa shape index (κ2) is 57.1. The van der Waals surface area contributed by atoms with E-state index < -0.39 is 0 Å². The molecule has 0 radical (unpaired) electrons. The second-order valence-electron chi connectivity index (χ2n) is 24.9. The summed E-state index contributed by atoms with van der Waals surface area (Å²) in [6.07, 6.45) is 16.0. The zero-order chi connectivity index (χ0) is 64.8. The summed E-state index contributed by atoms with van der Waals surface area (Å²) in [5.74, 6) is 4.94. The van der Waals surface area contributed by atoms with Crippen LogP contribution in [0.4, 0.5) is 4.79 Å². The molecular formula is C69H132N2O21. The minimum absolute atomic E-state index is 0. The van der Waals surface area contributed by atoms with Crippen LogP contribution in [0.2, 0.25) is 0 Å². The first-order valence-electron chi connectivity index (χ1n) is 35.0. The first kappa shape index (κ1) is 84.4. The Hall–Kier alpha value is -1.79. The minimum atomic E-state index is -0.347. The molecule has 4 rings (SSSR count). The highest BCUT2D eigenvalue weighted by Gasteiger charge is 2.59. The number of hydrogen-bond donors (Lipinski definition) is 2. The molecule has 23 heteroatoms. The van der Waals surface area contributed by atoms with Gasteiger partial charge in [0.25, 0.3) is 0 Å². The Morgan fingerprint density at radius 3 is 1.12 bits per heavy atom. The van der Waals surface area contributed by atoms with Crippen molar-refractivity contribution in [1.29, 1.82) is 0 Å². The maximum absolute atomic E-state index is 12.8. The summed E-state index contributed by atoms with van der Waals surface area (Å²) in [7, 11) is 0. The SMILES string of the molecule is C.CC(C)CCC[C@@H](C)[C@H]1CC[C@H]2[C@@H]3CC=C4C[C@@H](OC(=O)NCCOCCOCCOCCOCCOCCOCCOCCOCCOCCOCCOCCOCCOCCOCCOCCOCCOCCOCCOCCN)CC[C@]4(C)[C@H]3CC[C@]12C. The number of nitrogens with one attached hydrogen (secondary N) is 1. The number of alkyl carbamates (subject to hydrolysis) is 1. The molecule has 4 aliphatic rings. The van der Waals surface area contributed by atoms with Crippen LogP contribution in [-0.4, -0.2) is 276 Å². The van der Waals surface area contributed by atoms with Crippen molar-refractivity contribution in [2.24, 2.45) is 52.1 Å². The molecule has 0 bridgehead atoms. The van der Waals surface area contributed by atoms with E-state index in [4.69, 9.17) is 100 Å². The third-order valence-electron chi connectivity index (χ3n) is 18.0. The van der Waals surface area contributed by atoms with E-state index in [9.17, 15) is 4.79 Å². The molecule has 1 amide bonds. The van der Waals surface area contributed by atoms with Gasteiger partial charge >= 0.3 is 6.09 Å². The normalized spacial score (nSPS) is 22.2. The standard InChI is InChI=1S/C68H128N2O21.CH4/c1-58(2)7-6-8-59(3)63-11-12-64-62-10-9-60-57-61(13-15-67(60,4)65(62)14-16-68(63,64)5)91-66(71)70-18-20-73-22-24-75-26-28-77-30-32-79-34-36-81-38-40-83-42-44-85-46-48-87-50-52-89-54-56-90-55-53-88-51-49-86-47-45-84-43-41-82-39-37-80-35-33-78-31-29-76-27-25-74-23-21-72-19-17-69;/h9,58-59,61-65H,6-8,10-57,69H2,1-5H3,(H,70,71);1H4/t59-,61+,62+,63-,64+,65+,67+,68-;/m1./s1. The molecule has 0 aliphatic heterocycles. The number of carbonyl (C=O) groups excluding carboxylic acids is 1. The lowest BCUT2D eigenvalue weighted by atomic mass is 9.47. The fourth-order valence-electron chi connectivity index (χ4n) is 13.3. The largest absolute Gasteiger partial charge is 0.446 e. The van der Waals surface area contributed by atoms with Crippen molar-refractivity contribution < 1.29 is 99.5 Å². The van der Waals surface area contributed by atoms with Crippen LogP contribution < -0.4 is 11.1 Å². The van der Waals surface area contributed by atoms with Gasteiger partial charge in [0.15, 0.2) is 0 Å². The summed E-state index contributed by atoms with van der Waals surface area (Å²) >= 11 is 0. The number of hydrogen-bond acceptors (Lipinski definition) is 22. The quantitative estimate of drug-likeness (QED) is 0.0433. The smallest absolute Gasteiger partial charge is 0.407 e. The third-order valence-corrected chi connectivity index (χ3v) is 18.0. The van der Waals surface area contributed by atoms with Crippen LogP contribution in [0.5, 0.6) is 0 Å². The zero-order valence-electron chi connectivity index (χ0n) is 57.3. The number of rotatable bonds is 65. The summed E-state index contributed by atoms with van der Waals surface area (Å²) in [5.41, 5.74) is 7.64. The molecule has 8 atom stereocenters. The van der Waals surface area contributed by atoms with E-state index in [1.165, 1.54) is 51.4 Å².